The monoisotopic (exact) mass is 815 g/mol. The number of fused-ring (bicyclic) bond motifs is 3. The molecule has 7 aromatic carbocycles. The van der Waals surface area contributed by atoms with Crippen LogP contribution in [0.3, 0.4) is 0 Å². The Labute approximate surface area is 369 Å². The number of benzene rings is 7. The first-order valence-corrected chi connectivity index (χ1v) is 21.7. The van der Waals surface area contributed by atoms with Gasteiger partial charge in [-0.25, -0.2) is 19.9 Å². The molecule has 0 atom stereocenters. The molecule has 5 heteroatoms. The number of hydrogen-bond donors (Lipinski definition) is 0. The largest absolute Gasteiger partial charge is 0.309 e. The van der Waals surface area contributed by atoms with E-state index in [1.165, 1.54) is 21.9 Å². The molecule has 63 heavy (non-hydrogen) atoms. The fourth-order valence-electron chi connectivity index (χ4n) is 8.43. The highest BCUT2D eigenvalue weighted by Crippen LogP contribution is 2.41. The van der Waals surface area contributed by atoms with E-state index in [9.17, 15) is 0 Å². The lowest BCUT2D eigenvalue weighted by Crippen LogP contribution is -2.10. The zero-order valence-electron chi connectivity index (χ0n) is 36.6. The number of nitrogens with zero attached hydrogens (tertiary/aromatic N) is 5. The van der Waals surface area contributed by atoms with E-state index in [-0.39, 0.29) is 10.8 Å². The molecule has 3 aromatic heterocycles. The van der Waals surface area contributed by atoms with Crippen LogP contribution >= 0.6 is 0 Å². The zero-order chi connectivity index (χ0) is 43.3. The van der Waals surface area contributed by atoms with Gasteiger partial charge in [0, 0.05) is 44.2 Å². The molecule has 0 aliphatic rings. The molecule has 10 rings (SSSR count). The van der Waals surface area contributed by atoms with Crippen LogP contribution in [0.25, 0.3) is 95.3 Å². The topological polar surface area (TPSA) is 56.5 Å². The Kier molecular flexibility index (Phi) is 9.91. The van der Waals surface area contributed by atoms with Crippen molar-refractivity contribution in [3.8, 4) is 73.5 Å². The molecule has 0 amide bonds. The molecule has 10 aromatic rings. The van der Waals surface area contributed by atoms with Crippen molar-refractivity contribution >= 4 is 21.8 Å². The molecule has 306 valence electrons. The summed E-state index contributed by atoms with van der Waals surface area (Å²) in [5.41, 5.74) is 15.0. The number of hydrogen-bond acceptors (Lipinski definition) is 4. The van der Waals surface area contributed by atoms with Crippen molar-refractivity contribution in [3.05, 3.63) is 199 Å². The maximum Gasteiger partial charge on any atom is 0.162 e. The van der Waals surface area contributed by atoms with Crippen LogP contribution in [-0.2, 0) is 10.8 Å². The van der Waals surface area contributed by atoms with Crippen molar-refractivity contribution in [2.45, 2.75) is 52.4 Å². The van der Waals surface area contributed by atoms with Gasteiger partial charge in [0.25, 0.3) is 0 Å². The van der Waals surface area contributed by atoms with Gasteiger partial charge in [0.1, 0.15) is 0 Å². The summed E-state index contributed by atoms with van der Waals surface area (Å²) in [5.74, 6) is 1.29. The van der Waals surface area contributed by atoms with E-state index < -0.39 is 0 Å². The first kappa shape index (κ1) is 39.6. The zero-order valence-corrected chi connectivity index (χ0v) is 36.6. The van der Waals surface area contributed by atoms with Crippen LogP contribution in [0.2, 0.25) is 0 Å². The lowest BCUT2D eigenvalue weighted by atomic mass is 9.85. The Hall–Kier alpha value is -7.50. The Balaban J connectivity index is 1.29. The summed E-state index contributed by atoms with van der Waals surface area (Å²) < 4.78 is 2.41. The Morgan fingerprint density at radius 1 is 0.333 bits per heavy atom. The maximum absolute atomic E-state index is 5.43. The summed E-state index contributed by atoms with van der Waals surface area (Å²) in [6, 6.07) is 66.1. The third-order valence-electron chi connectivity index (χ3n) is 12.0. The summed E-state index contributed by atoms with van der Waals surface area (Å²) in [5, 5.41) is 2.44. The highest BCUT2D eigenvalue weighted by Gasteiger charge is 2.24. The van der Waals surface area contributed by atoms with Gasteiger partial charge in [-0.1, -0.05) is 181 Å². The van der Waals surface area contributed by atoms with Gasteiger partial charge in [-0.05, 0) is 70.5 Å². The van der Waals surface area contributed by atoms with E-state index in [1.807, 2.05) is 48.5 Å². The molecule has 0 aliphatic carbocycles. The molecule has 0 radical (unpaired) electrons. The Morgan fingerprint density at radius 3 is 1.13 bits per heavy atom. The van der Waals surface area contributed by atoms with Gasteiger partial charge in [-0.15, -0.1) is 0 Å². The molecule has 0 saturated heterocycles. The van der Waals surface area contributed by atoms with Crippen LogP contribution in [0, 0.1) is 0 Å². The number of rotatable bonds is 7. The molecule has 0 spiro atoms. The van der Waals surface area contributed by atoms with Gasteiger partial charge in [0.05, 0.1) is 39.5 Å². The lowest BCUT2D eigenvalue weighted by Gasteiger charge is -2.20. The van der Waals surface area contributed by atoms with E-state index in [1.54, 1.807) is 0 Å². The van der Waals surface area contributed by atoms with Crippen LogP contribution in [0.15, 0.2) is 188 Å². The van der Waals surface area contributed by atoms with E-state index in [0.717, 1.165) is 72.9 Å². The van der Waals surface area contributed by atoms with Crippen LogP contribution in [0.5, 0.6) is 0 Å². The molecule has 0 bridgehead atoms. The average Bonchev–Trinajstić information content (AvgIpc) is 3.64. The fourth-order valence-corrected chi connectivity index (χ4v) is 8.43. The Bertz CT molecular complexity index is 3080. The van der Waals surface area contributed by atoms with Gasteiger partial charge in [0.2, 0.25) is 0 Å². The van der Waals surface area contributed by atoms with Crippen molar-refractivity contribution in [2.75, 3.05) is 0 Å². The van der Waals surface area contributed by atoms with E-state index in [2.05, 4.69) is 186 Å². The standard InChI is InChI=1S/C58H49N5/c1-57(2,3)43-28-31-52-45(34-43)46-35-44(58(4,5)6)29-32-53(46)63(52)54-30-27-42(51-37-48(38-19-11-7-12-20-38)59-55(60-51)41-25-17-10-18-26-41)33-47(54)56-61-49(39-21-13-8-14-22-39)36-50(62-56)40-23-15-9-16-24-40/h7-37H,1-6H3. The molecule has 3 heterocycles. The second-order valence-corrected chi connectivity index (χ2v) is 18.4. The quantitative estimate of drug-likeness (QED) is 0.161. The van der Waals surface area contributed by atoms with Gasteiger partial charge in [-0.2, -0.15) is 0 Å². The summed E-state index contributed by atoms with van der Waals surface area (Å²) in [4.78, 5) is 21.2. The summed E-state index contributed by atoms with van der Waals surface area (Å²) in [6.45, 7) is 13.7. The molecule has 0 fully saturated rings. The fraction of sp³-hybridized carbons (Fsp3) is 0.138. The summed E-state index contributed by atoms with van der Waals surface area (Å²) in [7, 11) is 0. The lowest BCUT2D eigenvalue weighted by molar-refractivity contribution is 0.590. The van der Waals surface area contributed by atoms with Gasteiger partial charge >= 0.3 is 0 Å². The van der Waals surface area contributed by atoms with Crippen LogP contribution < -0.4 is 0 Å². The summed E-state index contributed by atoms with van der Waals surface area (Å²) in [6.07, 6.45) is 0. The summed E-state index contributed by atoms with van der Waals surface area (Å²) >= 11 is 0. The smallest absolute Gasteiger partial charge is 0.162 e. The molecular formula is C58H49N5. The second-order valence-electron chi connectivity index (χ2n) is 18.4. The number of aromatic nitrogens is 5. The maximum atomic E-state index is 5.43. The van der Waals surface area contributed by atoms with Crippen molar-refractivity contribution in [2.24, 2.45) is 0 Å². The molecule has 0 saturated carbocycles. The van der Waals surface area contributed by atoms with Crippen LogP contribution in [0.1, 0.15) is 52.7 Å². The SMILES string of the molecule is CC(C)(C)c1ccc2c(c1)c1cc(C(C)(C)C)ccc1n2-c1ccc(-c2cc(-c3ccccc3)nc(-c3ccccc3)n2)cc1-c1nc(-c2ccccc2)cc(-c2ccccc2)n1. The van der Waals surface area contributed by atoms with Crippen LogP contribution in [-0.4, -0.2) is 24.5 Å². The van der Waals surface area contributed by atoms with Gasteiger partial charge in [0.15, 0.2) is 11.6 Å². The van der Waals surface area contributed by atoms with Gasteiger partial charge < -0.3 is 4.57 Å². The molecular weight excluding hydrogens is 767 g/mol. The van der Waals surface area contributed by atoms with Gasteiger partial charge in [-0.3, -0.25) is 0 Å². The van der Waals surface area contributed by atoms with Crippen LogP contribution in [0.4, 0.5) is 0 Å². The highest BCUT2D eigenvalue weighted by molar-refractivity contribution is 6.10. The molecule has 0 aliphatic heterocycles. The van der Waals surface area contributed by atoms with Crippen molar-refractivity contribution in [3.63, 3.8) is 0 Å². The van der Waals surface area contributed by atoms with Crippen molar-refractivity contribution in [1.82, 2.24) is 24.5 Å². The first-order chi connectivity index (χ1) is 30.5. The highest BCUT2D eigenvalue weighted by atomic mass is 15.0. The second kappa shape index (κ2) is 15.8. The third-order valence-corrected chi connectivity index (χ3v) is 12.0. The van der Waals surface area contributed by atoms with E-state index in [4.69, 9.17) is 19.9 Å². The Morgan fingerprint density at radius 2 is 0.714 bits per heavy atom. The minimum atomic E-state index is -0.0225. The minimum absolute atomic E-state index is 0.0225. The predicted molar refractivity (Wildman–Crippen MR) is 262 cm³/mol. The third kappa shape index (κ3) is 7.72. The minimum Gasteiger partial charge on any atom is -0.309 e. The molecule has 5 nitrogen and oxygen atoms in total. The average molecular weight is 816 g/mol. The van der Waals surface area contributed by atoms with Crippen molar-refractivity contribution < 1.29 is 0 Å². The predicted octanol–water partition coefficient (Wildman–Crippen LogP) is 15.0. The van der Waals surface area contributed by atoms with E-state index in [0.29, 0.717) is 11.6 Å². The molecule has 0 N–H and O–H groups in total. The normalized spacial score (nSPS) is 12.0. The first-order valence-electron chi connectivity index (χ1n) is 21.7. The van der Waals surface area contributed by atoms with Crippen molar-refractivity contribution in [1.29, 1.82) is 0 Å². The van der Waals surface area contributed by atoms with E-state index >= 15 is 0 Å². The molecule has 0 unspecified atom stereocenters.